The molecule has 3 aromatic rings. The van der Waals surface area contributed by atoms with Crippen molar-refractivity contribution in [3.63, 3.8) is 0 Å². The van der Waals surface area contributed by atoms with Crippen LogP contribution in [0.3, 0.4) is 0 Å². The summed E-state index contributed by atoms with van der Waals surface area (Å²) in [6.07, 6.45) is 0. The number of hydrogen-bond acceptors (Lipinski definition) is 3. The summed E-state index contributed by atoms with van der Waals surface area (Å²) in [5, 5.41) is 6.54. The predicted octanol–water partition coefficient (Wildman–Crippen LogP) is 3.41. The molecule has 5 nitrogen and oxygen atoms in total. The fourth-order valence-corrected chi connectivity index (χ4v) is 2.21. The van der Waals surface area contributed by atoms with Gasteiger partial charge in [-0.15, -0.1) is 5.10 Å². The van der Waals surface area contributed by atoms with Crippen molar-refractivity contribution in [2.75, 3.05) is 5.32 Å². The van der Waals surface area contributed by atoms with Crippen LogP contribution in [0.15, 0.2) is 42.5 Å². The van der Waals surface area contributed by atoms with Crippen molar-refractivity contribution in [3.8, 4) is 5.69 Å². The number of nitrogens with zero attached hydrogens (tertiary/aromatic N) is 3. The van der Waals surface area contributed by atoms with Crippen LogP contribution in [-0.4, -0.2) is 20.7 Å². The van der Waals surface area contributed by atoms with E-state index in [2.05, 4.69) is 15.4 Å². The highest BCUT2D eigenvalue weighted by Gasteiger charge is 2.17. The van der Waals surface area contributed by atoms with E-state index in [0.29, 0.717) is 11.5 Å². The van der Waals surface area contributed by atoms with Gasteiger partial charge in [0.25, 0.3) is 5.91 Å². The van der Waals surface area contributed by atoms with Gasteiger partial charge >= 0.3 is 0 Å². The zero-order valence-corrected chi connectivity index (χ0v) is 13.0. The first-order valence-electron chi connectivity index (χ1n) is 7.21. The molecule has 1 amide bonds. The Morgan fingerprint density at radius 2 is 1.79 bits per heavy atom. The number of carbonyl (C=O) groups is 1. The zero-order chi connectivity index (χ0) is 17.3. The smallest absolute Gasteiger partial charge is 0.295 e. The minimum absolute atomic E-state index is 0.0568. The second-order valence-corrected chi connectivity index (χ2v) is 5.31. The highest BCUT2D eigenvalue weighted by Crippen LogP contribution is 2.16. The van der Waals surface area contributed by atoms with E-state index in [9.17, 15) is 13.6 Å². The molecule has 1 N–H and O–H groups in total. The lowest BCUT2D eigenvalue weighted by molar-refractivity contribution is 0.101. The molecule has 2 aromatic carbocycles. The van der Waals surface area contributed by atoms with Crippen LogP contribution in [0.1, 0.15) is 22.0 Å². The largest absolute Gasteiger partial charge is 0.317 e. The van der Waals surface area contributed by atoms with E-state index in [-0.39, 0.29) is 17.3 Å². The third-order valence-electron chi connectivity index (χ3n) is 3.42. The highest BCUT2D eigenvalue weighted by molar-refractivity contribution is 6.01. The molecule has 0 fully saturated rings. The average molecular weight is 328 g/mol. The monoisotopic (exact) mass is 328 g/mol. The number of rotatable bonds is 3. The molecule has 122 valence electrons. The molecule has 0 unspecified atom stereocenters. The average Bonchev–Trinajstić information content (AvgIpc) is 2.93. The maximum Gasteiger partial charge on any atom is 0.295 e. The SMILES string of the molecule is Cc1ccc(NC(=O)c2nc(C)n(-c3ccc(F)cc3)n2)c(F)c1. The Kier molecular flexibility index (Phi) is 4.07. The van der Waals surface area contributed by atoms with Crippen LogP contribution in [0, 0.1) is 25.5 Å². The Hall–Kier alpha value is -3.09. The van der Waals surface area contributed by atoms with E-state index >= 15 is 0 Å². The molecular formula is C17H14F2N4O. The van der Waals surface area contributed by atoms with Gasteiger partial charge in [-0.2, -0.15) is 0 Å². The molecule has 24 heavy (non-hydrogen) atoms. The van der Waals surface area contributed by atoms with Crippen LogP contribution in [0.2, 0.25) is 0 Å². The summed E-state index contributed by atoms with van der Waals surface area (Å²) in [5.41, 5.74) is 1.38. The van der Waals surface area contributed by atoms with Crippen molar-refractivity contribution in [1.82, 2.24) is 14.8 Å². The highest BCUT2D eigenvalue weighted by atomic mass is 19.1. The third kappa shape index (κ3) is 3.15. The molecule has 3 rings (SSSR count). The third-order valence-corrected chi connectivity index (χ3v) is 3.42. The maximum atomic E-state index is 13.8. The van der Waals surface area contributed by atoms with Crippen molar-refractivity contribution in [2.45, 2.75) is 13.8 Å². The van der Waals surface area contributed by atoms with Gasteiger partial charge in [-0.05, 0) is 55.8 Å². The van der Waals surface area contributed by atoms with Gasteiger partial charge < -0.3 is 5.32 Å². The first-order chi connectivity index (χ1) is 11.4. The summed E-state index contributed by atoms with van der Waals surface area (Å²) < 4.78 is 28.2. The van der Waals surface area contributed by atoms with Gasteiger partial charge in [-0.1, -0.05) is 6.07 Å². The lowest BCUT2D eigenvalue weighted by Crippen LogP contribution is -2.15. The van der Waals surface area contributed by atoms with Gasteiger partial charge in [-0.3, -0.25) is 4.79 Å². The molecule has 0 saturated heterocycles. The Morgan fingerprint density at radius 1 is 1.08 bits per heavy atom. The predicted molar refractivity (Wildman–Crippen MR) is 85.1 cm³/mol. The van der Waals surface area contributed by atoms with Crippen molar-refractivity contribution >= 4 is 11.6 Å². The van der Waals surface area contributed by atoms with E-state index in [1.54, 1.807) is 19.9 Å². The van der Waals surface area contributed by atoms with Crippen LogP contribution in [0.4, 0.5) is 14.5 Å². The van der Waals surface area contributed by atoms with Gasteiger partial charge in [0.1, 0.15) is 17.5 Å². The zero-order valence-electron chi connectivity index (χ0n) is 13.0. The van der Waals surface area contributed by atoms with Crippen molar-refractivity contribution in [3.05, 3.63) is 71.3 Å². The van der Waals surface area contributed by atoms with Gasteiger partial charge in [-0.25, -0.2) is 18.4 Å². The minimum Gasteiger partial charge on any atom is -0.317 e. The van der Waals surface area contributed by atoms with Crippen LogP contribution in [-0.2, 0) is 0 Å². The molecule has 1 aromatic heterocycles. The second kappa shape index (κ2) is 6.19. The minimum atomic E-state index is -0.623. The number of aryl methyl sites for hydroxylation is 2. The normalized spacial score (nSPS) is 10.7. The number of amides is 1. The summed E-state index contributed by atoms with van der Waals surface area (Å²) in [5.74, 6) is -1.17. The number of halogens is 2. The van der Waals surface area contributed by atoms with Crippen molar-refractivity contribution in [1.29, 1.82) is 0 Å². The van der Waals surface area contributed by atoms with E-state index < -0.39 is 11.7 Å². The molecule has 7 heteroatoms. The van der Waals surface area contributed by atoms with Gasteiger partial charge in [0.15, 0.2) is 0 Å². The number of nitrogens with one attached hydrogen (secondary N) is 1. The van der Waals surface area contributed by atoms with E-state index in [4.69, 9.17) is 0 Å². The van der Waals surface area contributed by atoms with Crippen LogP contribution in [0.25, 0.3) is 5.69 Å². The Bertz CT molecular complexity index is 903. The van der Waals surface area contributed by atoms with Crippen LogP contribution >= 0.6 is 0 Å². The fourth-order valence-electron chi connectivity index (χ4n) is 2.21. The number of hydrogen-bond donors (Lipinski definition) is 1. The second-order valence-electron chi connectivity index (χ2n) is 5.31. The topological polar surface area (TPSA) is 59.8 Å². The van der Waals surface area contributed by atoms with Crippen LogP contribution in [0.5, 0.6) is 0 Å². The Balaban J connectivity index is 1.86. The van der Waals surface area contributed by atoms with Gasteiger partial charge in [0.05, 0.1) is 11.4 Å². The maximum absolute atomic E-state index is 13.8. The molecular weight excluding hydrogens is 314 g/mol. The van der Waals surface area contributed by atoms with E-state index in [1.165, 1.54) is 41.1 Å². The van der Waals surface area contributed by atoms with Crippen molar-refractivity contribution in [2.24, 2.45) is 0 Å². The molecule has 0 spiro atoms. The number of benzene rings is 2. The summed E-state index contributed by atoms with van der Waals surface area (Å²) in [6, 6.07) is 10.1. The summed E-state index contributed by atoms with van der Waals surface area (Å²) in [4.78, 5) is 16.3. The first-order valence-corrected chi connectivity index (χ1v) is 7.21. The van der Waals surface area contributed by atoms with Crippen molar-refractivity contribution < 1.29 is 13.6 Å². The van der Waals surface area contributed by atoms with Gasteiger partial charge in [0, 0.05) is 0 Å². The molecule has 0 bridgehead atoms. The quantitative estimate of drug-likeness (QED) is 0.801. The van der Waals surface area contributed by atoms with Crippen LogP contribution < -0.4 is 5.32 Å². The first kappa shape index (κ1) is 15.8. The standard InChI is InChI=1S/C17H14F2N4O/c1-10-3-8-15(14(19)9-10)21-17(24)16-20-11(2)23(22-16)13-6-4-12(18)5-7-13/h3-9H,1-2H3,(H,21,24). The number of aromatic nitrogens is 3. The summed E-state index contributed by atoms with van der Waals surface area (Å²) >= 11 is 0. The molecule has 0 aliphatic heterocycles. The molecule has 0 aliphatic carbocycles. The number of carbonyl (C=O) groups excluding carboxylic acids is 1. The fraction of sp³-hybridized carbons (Fsp3) is 0.118. The van der Waals surface area contributed by atoms with E-state index in [1.807, 2.05) is 0 Å². The molecule has 0 radical (unpaired) electrons. The summed E-state index contributed by atoms with van der Waals surface area (Å²) in [7, 11) is 0. The lowest BCUT2D eigenvalue weighted by Gasteiger charge is -2.05. The molecule has 0 aliphatic rings. The van der Waals surface area contributed by atoms with E-state index in [0.717, 1.165) is 5.56 Å². The molecule has 0 atom stereocenters. The lowest BCUT2D eigenvalue weighted by atomic mass is 10.2. The van der Waals surface area contributed by atoms with Gasteiger partial charge in [0.2, 0.25) is 5.82 Å². The Labute approximate surface area is 137 Å². The molecule has 0 saturated carbocycles. The summed E-state index contributed by atoms with van der Waals surface area (Å²) in [6.45, 7) is 3.42. The molecule has 1 heterocycles. The number of anilines is 1. The Morgan fingerprint density at radius 3 is 2.46 bits per heavy atom.